The lowest BCUT2D eigenvalue weighted by Crippen LogP contribution is -2.20. The summed E-state index contributed by atoms with van der Waals surface area (Å²) in [6, 6.07) is 21.0. The molecular weight excluding hydrogens is 512 g/mol. The molecule has 2 N–H and O–H groups in total. The van der Waals surface area contributed by atoms with Gasteiger partial charge in [-0.2, -0.15) is 0 Å². The Morgan fingerprint density at radius 3 is 1.68 bits per heavy atom. The monoisotopic (exact) mass is 546 g/mol. The fourth-order valence-corrected chi connectivity index (χ4v) is 6.50. The number of methoxy groups -OCH3 is 3. The Balaban J connectivity index is 1.27. The van der Waals surface area contributed by atoms with Gasteiger partial charge < -0.3 is 24.2 Å². The van der Waals surface area contributed by atoms with Crippen molar-refractivity contribution in [2.45, 2.75) is 31.6 Å². The van der Waals surface area contributed by atoms with Crippen molar-refractivity contribution in [3.05, 3.63) is 88.7 Å². The second-order valence-electron chi connectivity index (χ2n) is 10.8. The molecule has 0 unspecified atom stereocenters. The Bertz CT molecular complexity index is 1720. The Morgan fingerprint density at radius 1 is 0.659 bits per heavy atom. The minimum atomic E-state index is 0.168. The van der Waals surface area contributed by atoms with E-state index in [1.807, 2.05) is 18.2 Å². The smallest absolute Gasteiger partial charge is 0.120 e. The van der Waals surface area contributed by atoms with Crippen LogP contribution in [0.2, 0.25) is 0 Å². The number of rotatable bonds is 8. The largest absolute Gasteiger partial charge is 0.497 e. The molecule has 4 heterocycles. The normalized spacial score (nSPS) is 14.5. The summed E-state index contributed by atoms with van der Waals surface area (Å²) in [6.45, 7) is 1.59. The third-order valence-electron chi connectivity index (χ3n) is 8.58. The van der Waals surface area contributed by atoms with Gasteiger partial charge in [0.05, 0.1) is 44.1 Å². The average molecular weight is 547 g/mol. The second-order valence-corrected chi connectivity index (χ2v) is 10.8. The number of aromatic amines is 2. The van der Waals surface area contributed by atoms with Crippen molar-refractivity contribution >= 4 is 33.2 Å². The molecule has 7 heteroatoms. The Labute approximate surface area is 239 Å². The zero-order valence-corrected chi connectivity index (χ0v) is 23.7. The van der Waals surface area contributed by atoms with Crippen LogP contribution in [0.1, 0.15) is 46.8 Å². The van der Waals surface area contributed by atoms with Gasteiger partial charge in [-0.3, -0.25) is 9.98 Å². The molecule has 208 valence electrons. The molecule has 0 aliphatic carbocycles. The van der Waals surface area contributed by atoms with Crippen molar-refractivity contribution < 1.29 is 14.2 Å². The molecule has 5 aromatic rings. The van der Waals surface area contributed by atoms with E-state index in [0.717, 1.165) is 89.9 Å². The molecular formula is C34H34N4O3. The Hall–Kier alpha value is -4.52. The van der Waals surface area contributed by atoms with Crippen molar-refractivity contribution in [1.29, 1.82) is 0 Å². The summed E-state index contributed by atoms with van der Waals surface area (Å²) in [5.74, 6) is 2.73. The number of nitrogens with one attached hydrogen (secondary N) is 2. The van der Waals surface area contributed by atoms with E-state index in [-0.39, 0.29) is 5.92 Å². The van der Waals surface area contributed by atoms with E-state index in [0.29, 0.717) is 0 Å². The molecule has 0 fully saturated rings. The van der Waals surface area contributed by atoms with E-state index in [1.54, 1.807) is 21.3 Å². The van der Waals surface area contributed by atoms with Crippen molar-refractivity contribution in [2.24, 2.45) is 9.98 Å². The molecule has 7 rings (SSSR count). The van der Waals surface area contributed by atoms with Crippen LogP contribution in [-0.4, -0.2) is 55.8 Å². The van der Waals surface area contributed by atoms with Crippen LogP contribution in [-0.2, 0) is 12.8 Å². The summed E-state index contributed by atoms with van der Waals surface area (Å²) >= 11 is 0. The first kappa shape index (κ1) is 25.4. The maximum Gasteiger partial charge on any atom is 0.120 e. The Kier molecular flexibility index (Phi) is 6.50. The highest BCUT2D eigenvalue weighted by molar-refractivity contribution is 6.09. The van der Waals surface area contributed by atoms with Crippen molar-refractivity contribution in [3.8, 4) is 17.2 Å². The highest BCUT2D eigenvalue weighted by Crippen LogP contribution is 2.36. The summed E-state index contributed by atoms with van der Waals surface area (Å²) in [4.78, 5) is 17.5. The standard InChI is InChI=1S/C34H34N4O3/c1-39-22-6-4-5-20(15-22)21(16-31-33-27(11-13-35-31)25-9-7-23(40-2)18-29(25)37-33)17-32-34-28(12-14-36-32)26-10-8-24(41-3)19-30(26)38-34/h4-10,15,18-19,21,37-38H,11-14,16-17H2,1-3H3. The molecule has 0 amide bonds. The van der Waals surface area contributed by atoms with Gasteiger partial charge >= 0.3 is 0 Å². The minimum absolute atomic E-state index is 0.168. The van der Waals surface area contributed by atoms with Crippen LogP contribution < -0.4 is 14.2 Å². The third kappa shape index (κ3) is 4.55. The molecule has 0 atom stereocenters. The molecule has 2 aromatic heterocycles. The van der Waals surface area contributed by atoms with Gasteiger partial charge in [0.1, 0.15) is 17.2 Å². The molecule has 2 aliphatic heterocycles. The number of hydrogen-bond donors (Lipinski definition) is 2. The fraction of sp³-hybridized carbons (Fsp3) is 0.294. The lowest BCUT2D eigenvalue weighted by atomic mass is 9.85. The van der Waals surface area contributed by atoms with Gasteiger partial charge in [-0.25, -0.2) is 0 Å². The number of ether oxygens (including phenoxy) is 3. The first-order valence-corrected chi connectivity index (χ1v) is 14.2. The maximum absolute atomic E-state index is 5.62. The SMILES string of the molecule is COc1cccc(C(CC2=NCCc3c2[nH]c2cc(OC)ccc32)CC2=NCCc3c2[nH]c2cc(OC)ccc32)c1. The number of aromatic nitrogens is 2. The van der Waals surface area contributed by atoms with E-state index in [9.17, 15) is 0 Å². The quantitative estimate of drug-likeness (QED) is 0.229. The molecule has 0 spiro atoms. The summed E-state index contributed by atoms with van der Waals surface area (Å²) in [6.07, 6.45) is 3.46. The van der Waals surface area contributed by atoms with Crippen LogP contribution in [0.4, 0.5) is 0 Å². The first-order chi connectivity index (χ1) is 20.1. The fourth-order valence-electron chi connectivity index (χ4n) is 6.50. The molecule has 7 nitrogen and oxygen atoms in total. The van der Waals surface area contributed by atoms with E-state index in [4.69, 9.17) is 24.2 Å². The van der Waals surface area contributed by atoms with E-state index in [2.05, 4.69) is 52.4 Å². The van der Waals surface area contributed by atoms with Gasteiger partial charge in [0.2, 0.25) is 0 Å². The number of H-pyrrole nitrogens is 2. The van der Waals surface area contributed by atoms with Gasteiger partial charge in [-0.05, 0) is 84.7 Å². The molecule has 0 bridgehead atoms. The van der Waals surface area contributed by atoms with Crippen molar-refractivity contribution in [3.63, 3.8) is 0 Å². The van der Waals surface area contributed by atoms with Crippen molar-refractivity contribution in [1.82, 2.24) is 9.97 Å². The number of fused-ring (bicyclic) bond motifs is 6. The first-order valence-electron chi connectivity index (χ1n) is 14.2. The molecule has 3 aromatic carbocycles. The lowest BCUT2D eigenvalue weighted by molar-refractivity contribution is 0.414. The molecule has 2 aliphatic rings. The van der Waals surface area contributed by atoms with Crippen molar-refractivity contribution in [2.75, 3.05) is 34.4 Å². The van der Waals surface area contributed by atoms with E-state index < -0.39 is 0 Å². The minimum Gasteiger partial charge on any atom is -0.497 e. The lowest BCUT2D eigenvalue weighted by Gasteiger charge is -2.23. The second kappa shape index (κ2) is 10.5. The summed E-state index contributed by atoms with van der Waals surface area (Å²) in [5.41, 5.74) is 10.6. The van der Waals surface area contributed by atoms with E-state index in [1.165, 1.54) is 27.5 Å². The van der Waals surface area contributed by atoms with Gasteiger partial charge in [-0.15, -0.1) is 0 Å². The predicted molar refractivity (Wildman–Crippen MR) is 165 cm³/mol. The summed E-state index contributed by atoms with van der Waals surface area (Å²) in [5, 5.41) is 2.50. The van der Waals surface area contributed by atoms with Gasteiger partial charge in [0.25, 0.3) is 0 Å². The highest BCUT2D eigenvalue weighted by Gasteiger charge is 2.27. The average Bonchev–Trinajstić information content (AvgIpc) is 3.59. The van der Waals surface area contributed by atoms with Gasteiger partial charge in [0.15, 0.2) is 0 Å². The number of aliphatic imine (C=N–C) groups is 2. The van der Waals surface area contributed by atoms with Crippen LogP contribution in [0.5, 0.6) is 17.2 Å². The Morgan fingerprint density at radius 2 is 1.17 bits per heavy atom. The topological polar surface area (TPSA) is 84.0 Å². The van der Waals surface area contributed by atoms with Gasteiger partial charge in [-0.1, -0.05) is 12.1 Å². The number of benzene rings is 3. The third-order valence-corrected chi connectivity index (χ3v) is 8.58. The molecule has 0 radical (unpaired) electrons. The zero-order chi connectivity index (χ0) is 27.9. The van der Waals surface area contributed by atoms with Crippen LogP contribution in [0.15, 0.2) is 70.6 Å². The number of hydrogen-bond acceptors (Lipinski definition) is 5. The predicted octanol–water partition coefficient (Wildman–Crippen LogP) is 6.63. The zero-order valence-electron chi connectivity index (χ0n) is 23.7. The van der Waals surface area contributed by atoms with Crippen LogP contribution in [0.25, 0.3) is 21.8 Å². The molecule has 0 saturated carbocycles. The molecule has 41 heavy (non-hydrogen) atoms. The van der Waals surface area contributed by atoms with Crippen LogP contribution in [0, 0.1) is 0 Å². The van der Waals surface area contributed by atoms with Crippen LogP contribution >= 0.6 is 0 Å². The number of nitrogens with zero attached hydrogens (tertiary/aromatic N) is 2. The van der Waals surface area contributed by atoms with Gasteiger partial charge in [0, 0.05) is 47.0 Å². The van der Waals surface area contributed by atoms with E-state index >= 15 is 0 Å². The summed E-state index contributed by atoms with van der Waals surface area (Å²) in [7, 11) is 5.14. The highest BCUT2D eigenvalue weighted by atomic mass is 16.5. The maximum atomic E-state index is 5.62. The molecule has 0 saturated heterocycles. The van der Waals surface area contributed by atoms with Crippen LogP contribution in [0.3, 0.4) is 0 Å². The summed E-state index contributed by atoms with van der Waals surface area (Å²) < 4.78 is 16.6.